The second-order valence-corrected chi connectivity index (χ2v) is 5.51. The largest absolute Gasteiger partial charge is 0.317 e. The molecule has 1 aromatic rings. The highest BCUT2D eigenvalue weighted by Gasteiger charge is 2.18. The Kier molecular flexibility index (Phi) is 7.44. The van der Waals surface area contributed by atoms with E-state index in [0.717, 1.165) is 19.0 Å². The summed E-state index contributed by atoms with van der Waals surface area (Å²) < 4.78 is 0. The van der Waals surface area contributed by atoms with Gasteiger partial charge in [0, 0.05) is 6.54 Å². The maximum Gasteiger partial charge on any atom is 0.0233 e. The van der Waals surface area contributed by atoms with E-state index in [4.69, 9.17) is 0 Å². The van der Waals surface area contributed by atoms with Crippen molar-refractivity contribution in [2.75, 3.05) is 26.2 Å². The lowest BCUT2D eigenvalue weighted by atomic mass is 9.96. The van der Waals surface area contributed by atoms with Crippen LogP contribution in [0.25, 0.3) is 0 Å². The molecule has 0 radical (unpaired) electrons. The second kappa shape index (κ2) is 8.57. The molecule has 1 fully saturated rings. The third-order valence-corrected chi connectivity index (χ3v) is 3.92. The summed E-state index contributed by atoms with van der Waals surface area (Å²) in [5.41, 5.74) is 2.80. The van der Waals surface area contributed by atoms with Crippen LogP contribution in [0.5, 0.6) is 0 Å². The molecule has 0 saturated carbocycles. The Bertz CT molecular complexity index is 342. The quantitative estimate of drug-likeness (QED) is 0.892. The molecular formula is C16H27ClN2. The third kappa shape index (κ3) is 5.52. The number of rotatable bonds is 5. The van der Waals surface area contributed by atoms with Gasteiger partial charge in [-0.05, 0) is 57.4 Å². The number of piperidine rings is 1. The Morgan fingerprint density at radius 2 is 1.79 bits per heavy atom. The van der Waals surface area contributed by atoms with Crippen LogP contribution in [-0.4, -0.2) is 31.1 Å². The molecule has 3 heteroatoms. The molecule has 1 aliphatic rings. The van der Waals surface area contributed by atoms with E-state index >= 15 is 0 Å². The summed E-state index contributed by atoms with van der Waals surface area (Å²) in [5.74, 6) is 0.888. The molecule has 1 saturated heterocycles. The minimum Gasteiger partial charge on any atom is -0.317 e. The van der Waals surface area contributed by atoms with Gasteiger partial charge in [0.1, 0.15) is 0 Å². The van der Waals surface area contributed by atoms with Crippen molar-refractivity contribution in [2.24, 2.45) is 5.92 Å². The second-order valence-electron chi connectivity index (χ2n) is 5.51. The topological polar surface area (TPSA) is 15.3 Å². The van der Waals surface area contributed by atoms with E-state index in [1.807, 2.05) is 0 Å². The van der Waals surface area contributed by atoms with Crippen molar-refractivity contribution < 1.29 is 0 Å². The van der Waals surface area contributed by atoms with E-state index in [1.165, 1.54) is 43.6 Å². The highest BCUT2D eigenvalue weighted by atomic mass is 35.5. The van der Waals surface area contributed by atoms with Crippen LogP contribution in [0.3, 0.4) is 0 Å². The van der Waals surface area contributed by atoms with E-state index in [0.29, 0.717) is 0 Å². The lowest BCUT2D eigenvalue weighted by Gasteiger charge is -2.32. The van der Waals surface area contributed by atoms with E-state index in [9.17, 15) is 0 Å². The molecule has 0 bridgehead atoms. The number of benzene rings is 1. The van der Waals surface area contributed by atoms with Gasteiger partial charge in [-0.3, -0.25) is 4.90 Å². The molecule has 108 valence electrons. The van der Waals surface area contributed by atoms with Crippen molar-refractivity contribution in [3.05, 3.63) is 35.4 Å². The minimum atomic E-state index is 0. The van der Waals surface area contributed by atoms with Gasteiger partial charge in [0.2, 0.25) is 0 Å². The highest BCUT2D eigenvalue weighted by molar-refractivity contribution is 5.85. The molecule has 0 unspecified atom stereocenters. The van der Waals surface area contributed by atoms with Crippen LogP contribution in [0.4, 0.5) is 0 Å². The average Bonchev–Trinajstić information content (AvgIpc) is 2.41. The molecule has 1 N–H and O–H groups in total. The highest BCUT2D eigenvalue weighted by Crippen LogP contribution is 2.18. The summed E-state index contributed by atoms with van der Waals surface area (Å²) in [6.07, 6.45) is 2.69. The monoisotopic (exact) mass is 282 g/mol. The van der Waals surface area contributed by atoms with Gasteiger partial charge in [-0.1, -0.05) is 36.8 Å². The van der Waals surface area contributed by atoms with Crippen molar-refractivity contribution in [1.82, 2.24) is 10.2 Å². The zero-order valence-corrected chi connectivity index (χ0v) is 13.0. The first-order valence-corrected chi connectivity index (χ1v) is 7.26. The van der Waals surface area contributed by atoms with Gasteiger partial charge in [-0.25, -0.2) is 0 Å². The van der Waals surface area contributed by atoms with Crippen molar-refractivity contribution in [1.29, 1.82) is 0 Å². The molecule has 0 spiro atoms. The number of hydrogen-bond donors (Lipinski definition) is 1. The fourth-order valence-electron chi connectivity index (χ4n) is 2.65. The summed E-state index contributed by atoms with van der Waals surface area (Å²) in [6.45, 7) is 10.3. The molecule has 0 atom stereocenters. The molecule has 1 aromatic carbocycles. The van der Waals surface area contributed by atoms with Gasteiger partial charge in [0.05, 0.1) is 0 Å². The van der Waals surface area contributed by atoms with E-state index in [2.05, 4.69) is 48.3 Å². The van der Waals surface area contributed by atoms with Crippen LogP contribution in [-0.2, 0) is 6.54 Å². The SMILES string of the molecule is CCNCC1CCN(Cc2ccc(C)cc2)CC1.Cl. The van der Waals surface area contributed by atoms with E-state index in [1.54, 1.807) is 0 Å². The van der Waals surface area contributed by atoms with Gasteiger partial charge in [0.25, 0.3) is 0 Å². The molecule has 1 aliphatic heterocycles. The third-order valence-electron chi connectivity index (χ3n) is 3.92. The zero-order chi connectivity index (χ0) is 12.8. The lowest BCUT2D eigenvalue weighted by molar-refractivity contribution is 0.176. The van der Waals surface area contributed by atoms with Crippen molar-refractivity contribution in [3.8, 4) is 0 Å². The van der Waals surface area contributed by atoms with Crippen LogP contribution in [0.1, 0.15) is 30.9 Å². The minimum absolute atomic E-state index is 0. The van der Waals surface area contributed by atoms with Crippen LogP contribution in [0.15, 0.2) is 24.3 Å². The number of nitrogens with zero attached hydrogens (tertiary/aromatic N) is 1. The molecule has 19 heavy (non-hydrogen) atoms. The summed E-state index contributed by atoms with van der Waals surface area (Å²) in [6, 6.07) is 8.96. The predicted molar refractivity (Wildman–Crippen MR) is 85.0 cm³/mol. The van der Waals surface area contributed by atoms with Gasteiger partial charge >= 0.3 is 0 Å². The molecule has 0 aliphatic carbocycles. The van der Waals surface area contributed by atoms with Gasteiger partial charge in [-0.15, -0.1) is 12.4 Å². The summed E-state index contributed by atoms with van der Waals surface area (Å²) >= 11 is 0. The van der Waals surface area contributed by atoms with E-state index < -0.39 is 0 Å². The Hall–Kier alpha value is -0.570. The van der Waals surface area contributed by atoms with Gasteiger partial charge in [-0.2, -0.15) is 0 Å². The average molecular weight is 283 g/mol. The number of likely N-dealkylation sites (tertiary alicyclic amines) is 1. The number of halogens is 1. The van der Waals surface area contributed by atoms with Gasteiger partial charge < -0.3 is 5.32 Å². The molecule has 0 aromatic heterocycles. The van der Waals surface area contributed by atoms with Crippen LogP contribution < -0.4 is 5.32 Å². The first-order valence-electron chi connectivity index (χ1n) is 7.26. The first kappa shape index (κ1) is 16.5. The summed E-state index contributed by atoms with van der Waals surface area (Å²) in [4.78, 5) is 2.59. The number of nitrogens with one attached hydrogen (secondary N) is 1. The molecule has 1 heterocycles. The fraction of sp³-hybridized carbons (Fsp3) is 0.625. The normalized spacial score (nSPS) is 17.2. The van der Waals surface area contributed by atoms with Crippen LogP contribution in [0, 0.1) is 12.8 Å². The van der Waals surface area contributed by atoms with Crippen molar-refractivity contribution in [3.63, 3.8) is 0 Å². The smallest absolute Gasteiger partial charge is 0.0233 e. The van der Waals surface area contributed by atoms with Crippen molar-refractivity contribution in [2.45, 2.75) is 33.2 Å². The zero-order valence-electron chi connectivity index (χ0n) is 12.2. The number of hydrogen-bond acceptors (Lipinski definition) is 2. The van der Waals surface area contributed by atoms with Crippen LogP contribution in [0.2, 0.25) is 0 Å². The molecule has 0 amide bonds. The summed E-state index contributed by atoms with van der Waals surface area (Å²) in [5, 5.41) is 3.47. The Morgan fingerprint density at radius 3 is 2.37 bits per heavy atom. The standard InChI is InChI=1S/C16H26N2.ClH/c1-3-17-12-15-8-10-18(11-9-15)13-16-6-4-14(2)5-7-16;/h4-7,15,17H,3,8-13H2,1-2H3;1H. The predicted octanol–water partition coefficient (Wildman–Crippen LogP) is 3.24. The first-order chi connectivity index (χ1) is 8.78. The molecular weight excluding hydrogens is 256 g/mol. The maximum absolute atomic E-state index is 3.47. The number of aryl methyl sites for hydroxylation is 1. The Balaban J connectivity index is 0.00000180. The Morgan fingerprint density at radius 1 is 1.16 bits per heavy atom. The van der Waals surface area contributed by atoms with Gasteiger partial charge in [0.15, 0.2) is 0 Å². The van der Waals surface area contributed by atoms with Crippen molar-refractivity contribution >= 4 is 12.4 Å². The Labute approximate surface area is 124 Å². The molecule has 2 nitrogen and oxygen atoms in total. The van der Waals surface area contributed by atoms with E-state index in [-0.39, 0.29) is 12.4 Å². The lowest BCUT2D eigenvalue weighted by Crippen LogP contribution is -2.36. The summed E-state index contributed by atoms with van der Waals surface area (Å²) in [7, 11) is 0. The van der Waals surface area contributed by atoms with Crippen LogP contribution >= 0.6 is 12.4 Å². The fourth-order valence-corrected chi connectivity index (χ4v) is 2.65. The maximum atomic E-state index is 3.47. The molecule has 2 rings (SSSR count).